The Morgan fingerprint density at radius 2 is 1.24 bits per heavy atom. The number of hydrogen-bond acceptors (Lipinski definition) is 0. The number of allylic oxidation sites excluding steroid dienone is 2. The second-order valence-corrected chi connectivity index (χ2v) is 18.7. The van der Waals surface area contributed by atoms with Crippen molar-refractivity contribution in [1.82, 2.24) is 0 Å². The first-order chi connectivity index (χ1) is 8.16. The topological polar surface area (TPSA) is 0 Å². The Morgan fingerprint density at radius 1 is 0.882 bits per heavy atom. The molecule has 2 radical (unpaired) electrons. The molecule has 0 aromatic heterocycles. The molecule has 0 unspecified atom stereocenters. The van der Waals surface area contributed by atoms with E-state index in [2.05, 4.69) is 40.7 Å². The molecule has 1 heteroatoms. The number of unbranched alkanes of at least 4 members (excludes halogenated alkanes) is 3. The molecule has 0 saturated heterocycles. The molecular formula is C16H32Sn. The average Bonchev–Trinajstić information content (AvgIpc) is 2.37. The van der Waals surface area contributed by atoms with Gasteiger partial charge in [0.1, 0.15) is 0 Å². The Labute approximate surface area is 114 Å². The van der Waals surface area contributed by atoms with E-state index in [1.807, 2.05) is 0 Å². The van der Waals surface area contributed by atoms with Gasteiger partial charge in [0.25, 0.3) is 0 Å². The first kappa shape index (κ1) is 17.5. The summed E-state index contributed by atoms with van der Waals surface area (Å²) in [5.74, 6) is 0. The van der Waals surface area contributed by atoms with Gasteiger partial charge in [-0.2, -0.15) is 0 Å². The minimum atomic E-state index is -2.11. The van der Waals surface area contributed by atoms with Gasteiger partial charge in [-0.25, -0.2) is 0 Å². The maximum atomic E-state index is 4.38. The average molecular weight is 343 g/mol. The van der Waals surface area contributed by atoms with Crippen LogP contribution >= 0.6 is 0 Å². The monoisotopic (exact) mass is 344 g/mol. The zero-order chi connectivity index (χ0) is 13.1. The van der Waals surface area contributed by atoms with E-state index in [-0.39, 0.29) is 0 Å². The van der Waals surface area contributed by atoms with E-state index in [9.17, 15) is 0 Å². The van der Waals surface area contributed by atoms with Crippen molar-refractivity contribution in [3.05, 3.63) is 23.5 Å². The van der Waals surface area contributed by atoms with Crippen LogP contribution in [0.1, 0.15) is 59.3 Å². The van der Waals surface area contributed by atoms with Gasteiger partial charge in [-0.15, -0.1) is 0 Å². The molecule has 0 spiro atoms. The summed E-state index contributed by atoms with van der Waals surface area (Å²) in [5, 5.41) is 0. The van der Waals surface area contributed by atoms with Crippen LogP contribution in [0.4, 0.5) is 0 Å². The second-order valence-electron chi connectivity index (χ2n) is 5.32. The Kier molecular flexibility index (Phi) is 10.8. The predicted molar refractivity (Wildman–Crippen MR) is 83.7 cm³/mol. The van der Waals surface area contributed by atoms with Crippen molar-refractivity contribution in [2.24, 2.45) is 0 Å². The van der Waals surface area contributed by atoms with Crippen LogP contribution in [0, 0.1) is 13.8 Å². The van der Waals surface area contributed by atoms with Gasteiger partial charge in [0.2, 0.25) is 0 Å². The van der Waals surface area contributed by atoms with Gasteiger partial charge in [0.05, 0.1) is 0 Å². The molecule has 0 bridgehead atoms. The normalized spacial score (nSPS) is 13.1. The van der Waals surface area contributed by atoms with E-state index in [0.717, 1.165) is 0 Å². The van der Waals surface area contributed by atoms with Gasteiger partial charge in [0.15, 0.2) is 0 Å². The van der Waals surface area contributed by atoms with Crippen molar-refractivity contribution in [2.75, 3.05) is 0 Å². The third kappa shape index (κ3) is 6.31. The zero-order valence-corrected chi connectivity index (χ0v) is 15.2. The van der Waals surface area contributed by atoms with E-state index in [1.54, 1.807) is 0 Å². The van der Waals surface area contributed by atoms with E-state index in [0.29, 0.717) is 0 Å². The molecule has 0 amide bonds. The van der Waals surface area contributed by atoms with Crippen LogP contribution in [0.25, 0.3) is 0 Å². The molecule has 100 valence electrons. The van der Waals surface area contributed by atoms with Crippen molar-refractivity contribution < 1.29 is 0 Å². The van der Waals surface area contributed by atoms with Crippen LogP contribution in [-0.2, 0) is 0 Å². The Morgan fingerprint density at radius 3 is 1.47 bits per heavy atom. The van der Waals surface area contributed by atoms with Crippen molar-refractivity contribution in [3.8, 4) is 0 Å². The Hall–Kier alpha value is 0.539. The van der Waals surface area contributed by atoms with Gasteiger partial charge in [-0.1, -0.05) is 0 Å². The zero-order valence-electron chi connectivity index (χ0n) is 12.4. The van der Waals surface area contributed by atoms with Crippen molar-refractivity contribution >= 4 is 18.4 Å². The van der Waals surface area contributed by atoms with Gasteiger partial charge in [-0.05, 0) is 0 Å². The minimum absolute atomic E-state index is 1.33. The fourth-order valence-electron chi connectivity index (χ4n) is 2.62. The summed E-state index contributed by atoms with van der Waals surface area (Å²) in [6, 6.07) is 0. The van der Waals surface area contributed by atoms with Gasteiger partial charge in [0, 0.05) is 0 Å². The van der Waals surface area contributed by atoms with Crippen molar-refractivity contribution in [1.29, 1.82) is 0 Å². The molecule has 0 atom stereocenters. The van der Waals surface area contributed by atoms with Crippen molar-refractivity contribution in [3.63, 3.8) is 0 Å². The molecule has 0 aliphatic heterocycles. The molecule has 0 aliphatic carbocycles. The first-order valence-electron chi connectivity index (χ1n) is 7.48. The second kappa shape index (κ2) is 10.5. The quantitative estimate of drug-likeness (QED) is 0.429. The molecule has 0 rings (SSSR count). The van der Waals surface area contributed by atoms with Gasteiger partial charge in [-0.3, -0.25) is 0 Å². The van der Waals surface area contributed by atoms with Crippen LogP contribution in [0.5, 0.6) is 0 Å². The summed E-state index contributed by atoms with van der Waals surface area (Å²) in [7, 11) is 0. The molecule has 0 aromatic rings. The standard InChI is InChI=1S/3C4H9.C4H5.Sn/c4*1-3-4-2;/h3*1,3-4H2,2H3;3H,1-2H2;. The van der Waals surface area contributed by atoms with Crippen LogP contribution in [0.2, 0.25) is 13.3 Å². The van der Waals surface area contributed by atoms with Crippen LogP contribution in [-0.4, -0.2) is 18.4 Å². The fourth-order valence-corrected chi connectivity index (χ4v) is 17.6. The molecule has 0 nitrogen and oxygen atoms in total. The first-order valence-corrected chi connectivity index (χ1v) is 15.0. The molecule has 17 heavy (non-hydrogen) atoms. The molecule has 0 heterocycles. The summed E-state index contributed by atoms with van der Waals surface area (Å²) in [4.78, 5) is 0. The van der Waals surface area contributed by atoms with Crippen LogP contribution in [0.3, 0.4) is 0 Å². The van der Waals surface area contributed by atoms with E-state index < -0.39 is 18.4 Å². The maximum absolute atomic E-state index is 4.38. The summed E-state index contributed by atoms with van der Waals surface area (Å²) >= 11 is -2.11. The summed E-state index contributed by atoms with van der Waals surface area (Å²) in [5.41, 5.74) is 0. The number of rotatable bonds is 10. The molecule has 0 N–H and O–H groups in total. The van der Waals surface area contributed by atoms with E-state index >= 15 is 0 Å². The van der Waals surface area contributed by atoms with Crippen molar-refractivity contribution in [2.45, 2.75) is 72.6 Å². The Bertz CT molecular complexity index is 184. The molecule has 0 saturated carbocycles. The fraction of sp³-hybridized carbons (Fsp3) is 0.750. The number of hydrogen-bond donors (Lipinski definition) is 0. The third-order valence-corrected chi connectivity index (χ3v) is 19.6. The molecule has 0 aromatic carbocycles. The summed E-state index contributed by atoms with van der Waals surface area (Å²) < 4.78 is 6.02. The predicted octanol–water partition coefficient (Wildman–Crippen LogP) is 5.97. The van der Waals surface area contributed by atoms with E-state index in [1.165, 1.54) is 55.4 Å². The SMILES string of the molecule is [CH2]C=[C]([CH2])[Sn]([CH2]CCC)([CH2]CCC)[CH2]CCC. The Balaban J connectivity index is 4.77. The molecular weight excluding hydrogens is 311 g/mol. The summed E-state index contributed by atoms with van der Waals surface area (Å²) in [6.45, 7) is 15.3. The van der Waals surface area contributed by atoms with Crippen LogP contribution in [0.15, 0.2) is 9.67 Å². The molecule has 0 aliphatic rings. The van der Waals surface area contributed by atoms with Crippen LogP contribution < -0.4 is 0 Å². The van der Waals surface area contributed by atoms with E-state index in [4.69, 9.17) is 0 Å². The van der Waals surface area contributed by atoms with Gasteiger partial charge < -0.3 is 0 Å². The third-order valence-electron chi connectivity index (χ3n) is 3.95. The summed E-state index contributed by atoms with van der Waals surface area (Å²) in [6.07, 6.45) is 10.3. The van der Waals surface area contributed by atoms with Gasteiger partial charge >= 0.3 is 114 Å². The molecule has 0 fully saturated rings.